The van der Waals surface area contributed by atoms with E-state index in [4.69, 9.17) is 0 Å². The Hall–Kier alpha value is -1.91. The van der Waals surface area contributed by atoms with Gasteiger partial charge in [0, 0.05) is 12.7 Å². The molecule has 0 unspecified atom stereocenters. The maximum Gasteiger partial charge on any atom is 0.144 e. The maximum atomic E-state index is 4.32. The molecule has 2 aromatic heterocycles. The first-order chi connectivity index (χ1) is 7.78. The molecule has 2 rings (SSSR count). The fourth-order valence-corrected chi connectivity index (χ4v) is 1.43. The minimum Gasteiger partial charge on any atom is -0.369 e. The zero-order valence-corrected chi connectivity index (χ0v) is 9.51. The molecular formula is C11H15N5. The second-order valence-electron chi connectivity index (χ2n) is 3.64. The number of aromatic nitrogens is 4. The van der Waals surface area contributed by atoms with Gasteiger partial charge in [-0.1, -0.05) is 0 Å². The molecule has 0 aliphatic heterocycles. The van der Waals surface area contributed by atoms with Crippen LogP contribution in [0.15, 0.2) is 24.8 Å². The van der Waals surface area contributed by atoms with Crippen LogP contribution in [-0.2, 0) is 6.54 Å². The van der Waals surface area contributed by atoms with Crippen molar-refractivity contribution in [3.63, 3.8) is 0 Å². The predicted octanol–water partition coefficient (Wildman–Crippen LogP) is 1.46. The first kappa shape index (κ1) is 10.6. The summed E-state index contributed by atoms with van der Waals surface area (Å²) in [5, 5.41) is 7.31. The lowest BCUT2D eigenvalue weighted by Crippen LogP contribution is -2.05. The van der Waals surface area contributed by atoms with Gasteiger partial charge in [-0.2, -0.15) is 5.10 Å². The third-order valence-corrected chi connectivity index (χ3v) is 2.15. The Balaban J connectivity index is 2.05. The normalized spacial score (nSPS) is 10.4. The SMILES string of the molecule is CCNc1cnc(Cn2cc(C)cn2)cn1. The van der Waals surface area contributed by atoms with Crippen molar-refractivity contribution in [1.29, 1.82) is 0 Å². The molecule has 84 valence electrons. The summed E-state index contributed by atoms with van der Waals surface area (Å²) in [6.07, 6.45) is 7.34. The molecule has 16 heavy (non-hydrogen) atoms. The summed E-state index contributed by atoms with van der Waals surface area (Å²) < 4.78 is 1.85. The van der Waals surface area contributed by atoms with Gasteiger partial charge in [0.2, 0.25) is 0 Å². The summed E-state index contributed by atoms with van der Waals surface area (Å²) in [4.78, 5) is 8.57. The van der Waals surface area contributed by atoms with Gasteiger partial charge in [0.15, 0.2) is 0 Å². The van der Waals surface area contributed by atoms with Crippen LogP contribution in [0.5, 0.6) is 0 Å². The Morgan fingerprint density at radius 1 is 1.25 bits per heavy atom. The maximum absolute atomic E-state index is 4.32. The molecule has 0 spiro atoms. The highest BCUT2D eigenvalue weighted by Gasteiger charge is 1.99. The van der Waals surface area contributed by atoms with Crippen molar-refractivity contribution >= 4 is 5.82 Å². The Bertz CT molecular complexity index is 446. The molecule has 0 saturated heterocycles. The number of hydrogen-bond donors (Lipinski definition) is 1. The summed E-state index contributed by atoms with van der Waals surface area (Å²) in [5.74, 6) is 0.808. The lowest BCUT2D eigenvalue weighted by molar-refractivity contribution is 0.669. The van der Waals surface area contributed by atoms with Crippen molar-refractivity contribution in [3.05, 3.63) is 36.0 Å². The number of hydrogen-bond acceptors (Lipinski definition) is 4. The van der Waals surface area contributed by atoms with Crippen molar-refractivity contribution in [2.45, 2.75) is 20.4 Å². The molecule has 0 fully saturated rings. The van der Waals surface area contributed by atoms with E-state index < -0.39 is 0 Å². The van der Waals surface area contributed by atoms with Gasteiger partial charge in [0.1, 0.15) is 5.82 Å². The second-order valence-corrected chi connectivity index (χ2v) is 3.64. The fourth-order valence-electron chi connectivity index (χ4n) is 1.43. The molecule has 2 heterocycles. The predicted molar refractivity (Wildman–Crippen MR) is 62.3 cm³/mol. The van der Waals surface area contributed by atoms with E-state index in [9.17, 15) is 0 Å². The summed E-state index contributed by atoms with van der Waals surface area (Å²) >= 11 is 0. The van der Waals surface area contributed by atoms with Gasteiger partial charge >= 0.3 is 0 Å². The van der Waals surface area contributed by atoms with Crippen LogP contribution in [0, 0.1) is 6.92 Å². The van der Waals surface area contributed by atoms with Crippen LogP contribution in [0.25, 0.3) is 0 Å². The Morgan fingerprint density at radius 2 is 2.12 bits per heavy atom. The summed E-state index contributed by atoms with van der Waals surface area (Å²) in [6.45, 7) is 5.56. The van der Waals surface area contributed by atoms with Crippen molar-refractivity contribution in [2.75, 3.05) is 11.9 Å². The van der Waals surface area contributed by atoms with Crippen molar-refractivity contribution in [1.82, 2.24) is 19.7 Å². The molecule has 0 radical (unpaired) electrons. The van der Waals surface area contributed by atoms with Gasteiger partial charge in [-0.25, -0.2) is 4.98 Å². The van der Waals surface area contributed by atoms with Crippen LogP contribution in [0.4, 0.5) is 5.82 Å². The average Bonchev–Trinajstić information content (AvgIpc) is 2.67. The van der Waals surface area contributed by atoms with Crippen molar-refractivity contribution < 1.29 is 0 Å². The summed E-state index contributed by atoms with van der Waals surface area (Å²) in [6, 6.07) is 0. The topological polar surface area (TPSA) is 55.6 Å². The molecule has 5 heteroatoms. The molecular weight excluding hydrogens is 202 g/mol. The lowest BCUT2D eigenvalue weighted by Gasteiger charge is -2.03. The number of nitrogens with one attached hydrogen (secondary N) is 1. The van der Waals surface area contributed by atoms with Gasteiger partial charge in [-0.05, 0) is 19.4 Å². The molecule has 5 nitrogen and oxygen atoms in total. The van der Waals surface area contributed by atoms with E-state index in [0.29, 0.717) is 6.54 Å². The quantitative estimate of drug-likeness (QED) is 0.842. The van der Waals surface area contributed by atoms with Crippen LogP contribution in [0.2, 0.25) is 0 Å². The van der Waals surface area contributed by atoms with Gasteiger partial charge in [0.25, 0.3) is 0 Å². The zero-order chi connectivity index (χ0) is 11.4. The van der Waals surface area contributed by atoms with Crippen molar-refractivity contribution in [3.8, 4) is 0 Å². The molecule has 0 saturated carbocycles. The van der Waals surface area contributed by atoms with E-state index in [-0.39, 0.29) is 0 Å². The number of nitrogens with zero attached hydrogens (tertiary/aromatic N) is 4. The second kappa shape index (κ2) is 4.74. The molecule has 1 N–H and O–H groups in total. The van der Waals surface area contributed by atoms with Crippen LogP contribution >= 0.6 is 0 Å². The largest absolute Gasteiger partial charge is 0.369 e. The standard InChI is InChI=1S/C11H15N5/c1-3-12-11-6-13-10(5-14-11)8-16-7-9(2)4-15-16/h4-7H,3,8H2,1-2H3,(H,12,14). The summed E-state index contributed by atoms with van der Waals surface area (Å²) in [5.41, 5.74) is 2.06. The minimum atomic E-state index is 0.660. The van der Waals surface area contributed by atoms with Gasteiger partial charge in [-0.3, -0.25) is 9.67 Å². The zero-order valence-electron chi connectivity index (χ0n) is 9.51. The first-order valence-electron chi connectivity index (χ1n) is 5.32. The first-order valence-corrected chi connectivity index (χ1v) is 5.32. The van der Waals surface area contributed by atoms with Crippen molar-refractivity contribution in [2.24, 2.45) is 0 Å². The van der Waals surface area contributed by atoms with E-state index >= 15 is 0 Å². The third kappa shape index (κ3) is 2.56. The lowest BCUT2D eigenvalue weighted by atomic mass is 10.4. The van der Waals surface area contributed by atoms with Crippen LogP contribution in [0.3, 0.4) is 0 Å². The van der Waals surface area contributed by atoms with E-state index in [1.807, 2.05) is 30.9 Å². The van der Waals surface area contributed by atoms with Gasteiger partial charge in [-0.15, -0.1) is 0 Å². The molecule has 0 bridgehead atoms. The van der Waals surface area contributed by atoms with E-state index in [1.54, 1.807) is 12.4 Å². The summed E-state index contributed by atoms with van der Waals surface area (Å²) in [7, 11) is 0. The van der Waals surface area contributed by atoms with Gasteiger partial charge in [0.05, 0.1) is 30.8 Å². The Kier molecular flexibility index (Phi) is 3.14. The Labute approximate surface area is 94.5 Å². The highest BCUT2D eigenvalue weighted by molar-refractivity contribution is 5.30. The number of aryl methyl sites for hydroxylation is 1. The molecule has 2 aromatic rings. The third-order valence-electron chi connectivity index (χ3n) is 2.15. The van der Waals surface area contributed by atoms with Crippen LogP contribution in [0.1, 0.15) is 18.2 Å². The monoisotopic (exact) mass is 217 g/mol. The smallest absolute Gasteiger partial charge is 0.144 e. The highest BCUT2D eigenvalue weighted by Crippen LogP contribution is 2.03. The van der Waals surface area contributed by atoms with E-state index in [1.165, 1.54) is 0 Å². The fraction of sp³-hybridized carbons (Fsp3) is 0.364. The molecule has 0 aromatic carbocycles. The van der Waals surface area contributed by atoms with Crippen LogP contribution in [-0.4, -0.2) is 26.3 Å². The average molecular weight is 217 g/mol. The minimum absolute atomic E-state index is 0.660. The molecule has 0 aliphatic rings. The molecule has 0 amide bonds. The Morgan fingerprint density at radius 3 is 2.69 bits per heavy atom. The molecule has 0 atom stereocenters. The molecule has 0 aliphatic carbocycles. The number of anilines is 1. The highest BCUT2D eigenvalue weighted by atomic mass is 15.3. The number of rotatable bonds is 4. The van der Waals surface area contributed by atoms with Crippen LogP contribution < -0.4 is 5.32 Å². The van der Waals surface area contributed by atoms with E-state index in [0.717, 1.165) is 23.6 Å². The van der Waals surface area contributed by atoms with Gasteiger partial charge < -0.3 is 5.32 Å². The van der Waals surface area contributed by atoms with E-state index in [2.05, 4.69) is 20.4 Å².